The number of furan rings is 1. The van der Waals surface area contributed by atoms with E-state index in [1.54, 1.807) is 0 Å². The minimum atomic E-state index is 0.555. The van der Waals surface area contributed by atoms with Gasteiger partial charge in [0.2, 0.25) is 5.69 Å². The first kappa shape index (κ1) is 17.3. The number of benzene rings is 2. The molecule has 27 heavy (non-hydrogen) atoms. The molecule has 2 heterocycles. The van der Waals surface area contributed by atoms with Gasteiger partial charge in [-0.05, 0) is 48.6 Å². The lowest BCUT2D eigenvalue weighted by molar-refractivity contribution is -0.660. The number of aryl methyl sites for hydroxylation is 2. The van der Waals surface area contributed by atoms with Gasteiger partial charge < -0.3 is 4.42 Å². The lowest BCUT2D eigenvalue weighted by Crippen LogP contribution is -2.30. The van der Waals surface area contributed by atoms with Crippen LogP contribution in [0.4, 0.5) is 0 Å². The van der Waals surface area contributed by atoms with Crippen molar-refractivity contribution >= 4 is 21.9 Å². The van der Waals surface area contributed by atoms with Gasteiger partial charge in [-0.25, -0.2) is 4.57 Å². The van der Waals surface area contributed by atoms with Crippen LogP contribution in [0.25, 0.3) is 33.2 Å². The fourth-order valence-electron chi connectivity index (χ4n) is 4.00. The first-order chi connectivity index (χ1) is 13.0. The van der Waals surface area contributed by atoms with Crippen molar-refractivity contribution in [2.75, 3.05) is 0 Å². The molecule has 0 aliphatic heterocycles. The molecule has 0 saturated heterocycles. The Kier molecular flexibility index (Phi) is 4.20. The molecule has 2 aromatic heterocycles. The number of rotatable bonds is 3. The molecular weight excluding hydrogens is 332 g/mol. The van der Waals surface area contributed by atoms with Crippen LogP contribution < -0.4 is 4.57 Å². The maximum absolute atomic E-state index is 10.0. The van der Waals surface area contributed by atoms with Crippen molar-refractivity contribution in [2.24, 2.45) is 13.0 Å². The number of fused-ring (bicyclic) bond motifs is 3. The molecule has 4 rings (SSSR count). The SMILES string of the molecule is Cc1cc2c(oc3cccc(CC(C)C)c32)c(C#N)c1-c1cccc[n+]1C. The van der Waals surface area contributed by atoms with Crippen LogP contribution >= 0.6 is 0 Å². The van der Waals surface area contributed by atoms with Gasteiger partial charge in [-0.2, -0.15) is 5.26 Å². The molecule has 0 aliphatic carbocycles. The summed E-state index contributed by atoms with van der Waals surface area (Å²) in [5, 5.41) is 12.2. The number of nitrogens with zero attached hydrogens (tertiary/aromatic N) is 2. The third-order valence-corrected chi connectivity index (χ3v) is 5.12. The minimum Gasteiger partial charge on any atom is -0.455 e. The van der Waals surface area contributed by atoms with Gasteiger partial charge in [0.15, 0.2) is 11.8 Å². The third-order valence-electron chi connectivity index (χ3n) is 5.12. The second-order valence-electron chi connectivity index (χ2n) is 7.62. The smallest absolute Gasteiger partial charge is 0.214 e. The van der Waals surface area contributed by atoms with Crippen LogP contribution in [0.2, 0.25) is 0 Å². The normalized spacial score (nSPS) is 11.4. The second-order valence-corrected chi connectivity index (χ2v) is 7.62. The molecule has 0 unspecified atom stereocenters. The highest BCUT2D eigenvalue weighted by Gasteiger charge is 2.23. The van der Waals surface area contributed by atoms with E-state index in [0.29, 0.717) is 17.1 Å². The van der Waals surface area contributed by atoms with Gasteiger partial charge in [0.25, 0.3) is 0 Å². The highest BCUT2D eigenvalue weighted by atomic mass is 16.3. The van der Waals surface area contributed by atoms with Crippen LogP contribution in [-0.4, -0.2) is 0 Å². The Morgan fingerprint density at radius 1 is 1.15 bits per heavy atom. The van der Waals surface area contributed by atoms with Crippen molar-refractivity contribution in [1.82, 2.24) is 0 Å². The number of nitriles is 1. The summed E-state index contributed by atoms with van der Waals surface area (Å²) >= 11 is 0. The molecule has 0 fully saturated rings. The Morgan fingerprint density at radius 2 is 1.96 bits per heavy atom. The molecule has 0 atom stereocenters. The summed E-state index contributed by atoms with van der Waals surface area (Å²) in [6.45, 7) is 6.52. The molecule has 0 amide bonds. The molecule has 0 bridgehead atoms. The van der Waals surface area contributed by atoms with E-state index >= 15 is 0 Å². The van der Waals surface area contributed by atoms with Crippen LogP contribution in [0.1, 0.15) is 30.5 Å². The average Bonchev–Trinajstić information content (AvgIpc) is 3.00. The summed E-state index contributed by atoms with van der Waals surface area (Å²) in [5.41, 5.74) is 6.47. The highest BCUT2D eigenvalue weighted by Crippen LogP contribution is 2.39. The Labute approximate surface area is 159 Å². The Hall–Kier alpha value is -3.12. The summed E-state index contributed by atoms with van der Waals surface area (Å²) in [5.74, 6) is 0.555. The van der Waals surface area contributed by atoms with Crippen molar-refractivity contribution in [3.8, 4) is 17.3 Å². The van der Waals surface area contributed by atoms with Crippen LogP contribution in [-0.2, 0) is 13.5 Å². The molecule has 0 spiro atoms. The number of hydrogen-bond donors (Lipinski definition) is 0. The zero-order valence-electron chi connectivity index (χ0n) is 16.2. The number of aromatic nitrogens is 1. The summed E-state index contributed by atoms with van der Waals surface area (Å²) in [7, 11) is 2.00. The molecule has 2 aromatic carbocycles. The first-order valence-electron chi connectivity index (χ1n) is 9.34. The van der Waals surface area contributed by atoms with Gasteiger partial charge in [-0.15, -0.1) is 0 Å². The van der Waals surface area contributed by atoms with Gasteiger partial charge in [-0.3, -0.25) is 0 Å². The molecule has 3 heteroatoms. The van der Waals surface area contributed by atoms with Gasteiger partial charge in [0.1, 0.15) is 24.3 Å². The molecule has 3 nitrogen and oxygen atoms in total. The van der Waals surface area contributed by atoms with E-state index in [0.717, 1.165) is 39.6 Å². The van der Waals surface area contributed by atoms with E-state index in [1.165, 1.54) is 5.56 Å². The standard InChI is InChI=1S/C24H23N2O/c1-15(2)12-17-8-7-10-21-23(17)18-13-16(3)22(19(14-25)24(18)27-21)20-9-5-6-11-26(20)4/h5-11,13,15H,12H2,1-4H3/q+1. The summed E-state index contributed by atoms with van der Waals surface area (Å²) < 4.78 is 8.27. The molecule has 0 N–H and O–H groups in total. The minimum absolute atomic E-state index is 0.555. The Bertz CT molecular complexity index is 1210. The van der Waals surface area contributed by atoms with Crippen molar-refractivity contribution in [2.45, 2.75) is 27.2 Å². The van der Waals surface area contributed by atoms with Crippen molar-refractivity contribution in [3.05, 3.63) is 65.4 Å². The van der Waals surface area contributed by atoms with Crippen molar-refractivity contribution < 1.29 is 8.98 Å². The molecule has 0 radical (unpaired) electrons. The Balaban J connectivity index is 2.11. The van der Waals surface area contributed by atoms with Crippen molar-refractivity contribution in [1.29, 1.82) is 5.26 Å². The monoisotopic (exact) mass is 355 g/mol. The third kappa shape index (κ3) is 2.78. The van der Waals surface area contributed by atoms with Crippen LogP contribution in [0.5, 0.6) is 0 Å². The van der Waals surface area contributed by atoms with Gasteiger partial charge >= 0.3 is 0 Å². The van der Waals surface area contributed by atoms with Crippen molar-refractivity contribution in [3.63, 3.8) is 0 Å². The fraction of sp³-hybridized carbons (Fsp3) is 0.250. The van der Waals surface area contributed by atoms with E-state index in [9.17, 15) is 5.26 Å². The summed E-state index contributed by atoms with van der Waals surface area (Å²) in [6, 6.07) is 16.8. The first-order valence-corrected chi connectivity index (χ1v) is 9.34. The Morgan fingerprint density at radius 3 is 2.67 bits per heavy atom. The van der Waals surface area contributed by atoms with E-state index in [2.05, 4.69) is 39.0 Å². The van der Waals surface area contributed by atoms with E-state index in [4.69, 9.17) is 4.42 Å². The quantitative estimate of drug-likeness (QED) is 0.458. The maximum Gasteiger partial charge on any atom is 0.214 e. The lowest BCUT2D eigenvalue weighted by Gasteiger charge is -2.08. The topological polar surface area (TPSA) is 40.8 Å². The molecule has 134 valence electrons. The van der Waals surface area contributed by atoms with Crippen LogP contribution in [0, 0.1) is 24.2 Å². The zero-order chi connectivity index (χ0) is 19.1. The second kappa shape index (κ2) is 6.55. The average molecular weight is 355 g/mol. The van der Waals surface area contributed by atoms with Crippen LogP contribution in [0.3, 0.4) is 0 Å². The molecular formula is C24H23N2O+. The van der Waals surface area contributed by atoms with E-state index in [-0.39, 0.29) is 0 Å². The van der Waals surface area contributed by atoms with Gasteiger partial charge in [0.05, 0.1) is 5.56 Å². The lowest BCUT2D eigenvalue weighted by atomic mass is 9.93. The zero-order valence-corrected chi connectivity index (χ0v) is 16.2. The van der Waals surface area contributed by atoms with Gasteiger partial charge in [0, 0.05) is 22.9 Å². The highest BCUT2D eigenvalue weighted by molar-refractivity contribution is 6.10. The molecule has 0 aliphatic rings. The molecule has 4 aromatic rings. The maximum atomic E-state index is 10.0. The number of hydrogen-bond acceptors (Lipinski definition) is 2. The molecule has 0 saturated carbocycles. The summed E-state index contributed by atoms with van der Waals surface area (Å²) in [4.78, 5) is 0. The largest absolute Gasteiger partial charge is 0.455 e. The van der Waals surface area contributed by atoms with Crippen LogP contribution in [0.15, 0.2) is 53.1 Å². The summed E-state index contributed by atoms with van der Waals surface area (Å²) in [6.07, 6.45) is 2.99. The predicted molar refractivity (Wildman–Crippen MR) is 108 cm³/mol. The van der Waals surface area contributed by atoms with Gasteiger partial charge in [-0.1, -0.05) is 26.0 Å². The van der Waals surface area contributed by atoms with E-state index < -0.39 is 0 Å². The number of pyridine rings is 1. The predicted octanol–water partition coefficient (Wildman–Crippen LogP) is 5.46. The van der Waals surface area contributed by atoms with E-state index in [1.807, 2.05) is 48.1 Å². The fourth-order valence-corrected chi connectivity index (χ4v) is 4.00.